The van der Waals surface area contributed by atoms with Crippen LogP contribution in [-0.4, -0.2) is 26.4 Å². The molecule has 2 aromatic rings. The number of benzene rings is 1. The molecule has 18 heavy (non-hydrogen) atoms. The minimum absolute atomic E-state index is 0.369. The number of fused-ring (bicyclic) bond motifs is 1. The van der Waals surface area contributed by atoms with Crippen molar-refractivity contribution in [2.24, 2.45) is 12.5 Å². The first-order valence-corrected chi connectivity index (χ1v) is 5.53. The molecule has 0 atom stereocenters. The standard InChI is InChI=1S/C13H14N2O3/c1-13(2,12(17)18)11(16)8-4-5-10-9(6-8)14-7-15(10)3/h4-7H,1-3H3,(H,17,18). The number of aryl methyl sites for hydroxylation is 1. The fourth-order valence-electron chi connectivity index (χ4n) is 1.74. The van der Waals surface area contributed by atoms with Gasteiger partial charge in [0.05, 0.1) is 17.4 Å². The van der Waals surface area contributed by atoms with E-state index in [1.807, 2.05) is 11.6 Å². The molecule has 5 nitrogen and oxygen atoms in total. The monoisotopic (exact) mass is 246 g/mol. The van der Waals surface area contributed by atoms with Crippen molar-refractivity contribution in [1.29, 1.82) is 0 Å². The molecule has 1 aromatic heterocycles. The van der Waals surface area contributed by atoms with Crippen LogP contribution in [0.3, 0.4) is 0 Å². The molecule has 0 aliphatic rings. The Labute approximate surface area is 104 Å². The molecule has 2 rings (SSSR count). The molecule has 0 saturated carbocycles. The number of aromatic nitrogens is 2. The number of ketones is 1. The van der Waals surface area contributed by atoms with E-state index in [1.165, 1.54) is 13.8 Å². The number of aliphatic carboxylic acids is 1. The van der Waals surface area contributed by atoms with Crippen LogP contribution in [0.25, 0.3) is 11.0 Å². The van der Waals surface area contributed by atoms with Gasteiger partial charge in [0.15, 0.2) is 5.78 Å². The zero-order valence-electron chi connectivity index (χ0n) is 10.5. The van der Waals surface area contributed by atoms with Gasteiger partial charge < -0.3 is 9.67 Å². The molecule has 0 aliphatic heterocycles. The van der Waals surface area contributed by atoms with Crippen LogP contribution in [-0.2, 0) is 11.8 Å². The van der Waals surface area contributed by atoms with Gasteiger partial charge in [-0.2, -0.15) is 0 Å². The molecule has 1 N–H and O–H groups in total. The first-order valence-electron chi connectivity index (χ1n) is 5.53. The normalized spacial score (nSPS) is 11.7. The minimum Gasteiger partial charge on any atom is -0.481 e. The molecule has 5 heteroatoms. The summed E-state index contributed by atoms with van der Waals surface area (Å²) in [5, 5.41) is 9.05. The van der Waals surface area contributed by atoms with Gasteiger partial charge in [-0.1, -0.05) is 0 Å². The number of carbonyl (C=O) groups is 2. The van der Waals surface area contributed by atoms with E-state index in [2.05, 4.69) is 4.98 Å². The van der Waals surface area contributed by atoms with Gasteiger partial charge in [-0.15, -0.1) is 0 Å². The van der Waals surface area contributed by atoms with Gasteiger partial charge in [-0.3, -0.25) is 9.59 Å². The Hall–Kier alpha value is -2.17. The predicted molar refractivity (Wildman–Crippen MR) is 66.5 cm³/mol. The Bertz CT molecular complexity index is 641. The van der Waals surface area contributed by atoms with Crippen LogP contribution in [0.4, 0.5) is 0 Å². The highest BCUT2D eigenvalue weighted by atomic mass is 16.4. The number of carbonyl (C=O) groups excluding carboxylic acids is 1. The Balaban J connectivity index is 2.49. The van der Waals surface area contributed by atoms with Crippen molar-refractivity contribution in [2.45, 2.75) is 13.8 Å². The number of hydrogen-bond acceptors (Lipinski definition) is 3. The van der Waals surface area contributed by atoms with E-state index >= 15 is 0 Å². The highest BCUT2D eigenvalue weighted by Crippen LogP contribution is 2.24. The molecule has 0 amide bonds. The summed E-state index contributed by atoms with van der Waals surface area (Å²) >= 11 is 0. The molecule has 94 valence electrons. The molecule has 0 bridgehead atoms. The van der Waals surface area contributed by atoms with Crippen molar-refractivity contribution in [3.05, 3.63) is 30.1 Å². The topological polar surface area (TPSA) is 72.2 Å². The third-order valence-electron chi connectivity index (χ3n) is 3.09. The fourth-order valence-corrected chi connectivity index (χ4v) is 1.74. The van der Waals surface area contributed by atoms with Crippen molar-refractivity contribution in [1.82, 2.24) is 9.55 Å². The van der Waals surface area contributed by atoms with Crippen LogP contribution in [0.15, 0.2) is 24.5 Å². The lowest BCUT2D eigenvalue weighted by molar-refractivity contribution is -0.144. The van der Waals surface area contributed by atoms with Gasteiger partial charge in [0.1, 0.15) is 5.41 Å². The van der Waals surface area contributed by atoms with E-state index in [0.29, 0.717) is 11.1 Å². The third-order valence-corrected chi connectivity index (χ3v) is 3.09. The minimum atomic E-state index is -1.43. The molecular weight excluding hydrogens is 232 g/mol. The van der Waals surface area contributed by atoms with Gasteiger partial charge >= 0.3 is 5.97 Å². The van der Waals surface area contributed by atoms with Gasteiger partial charge in [-0.05, 0) is 32.0 Å². The van der Waals surface area contributed by atoms with E-state index in [-0.39, 0.29) is 0 Å². The summed E-state index contributed by atoms with van der Waals surface area (Å²) in [5.74, 6) is -1.55. The average Bonchev–Trinajstić information content (AvgIpc) is 2.69. The average molecular weight is 246 g/mol. The summed E-state index contributed by atoms with van der Waals surface area (Å²) in [6, 6.07) is 5.03. The first-order chi connectivity index (χ1) is 8.34. The number of Topliss-reactive ketones (excluding diaryl/α,β-unsaturated/α-hetero) is 1. The smallest absolute Gasteiger partial charge is 0.316 e. The maximum atomic E-state index is 12.1. The molecule has 0 spiro atoms. The van der Waals surface area contributed by atoms with Crippen LogP contribution in [0.1, 0.15) is 24.2 Å². The second-order valence-electron chi connectivity index (χ2n) is 4.82. The fraction of sp³-hybridized carbons (Fsp3) is 0.308. The molecule has 0 aliphatic carbocycles. The molecule has 0 fully saturated rings. The van der Waals surface area contributed by atoms with Crippen molar-refractivity contribution in [3.8, 4) is 0 Å². The Morgan fingerprint density at radius 3 is 2.61 bits per heavy atom. The van der Waals surface area contributed by atoms with Crippen LogP contribution in [0, 0.1) is 5.41 Å². The molecular formula is C13H14N2O3. The molecule has 1 heterocycles. The predicted octanol–water partition coefficient (Wildman–Crippen LogP) is 1.87. The summed E-state index contributed by atoms with van der Waals surface area (Å²) in [7, 11) is 1.86. The SMILES string of the molecule is Cn1cnc2cc(C(=O)C(C)(C)C(=O)O)ccc21. The van der Waals surface area contributed by atoms with Gasteiger partial charge in [0, 0.05) is 12.6 Å². The second-order valence-corrected chi connectivity index (χ2v) is 4.82. The molecule has 0 radical (unpaired) electrons. The number of rotatable bonds is 3. The third kappa shape index (κ3) is 1.77. The lowest BCUT2D eigenvalue weighted by atomic mass is 9.84. The lowest BCUT2D eigenvalue weighted by Crippen LogP contribution is -2.33. The van der Waals surface area contributed by atoms with E-state index < -0.39 is 17.2 Å². The van der Waals surface area contributed by atoms with Gasteiger partial charge in [0.2, 0.25) is 0 Å². The number of nitrogens with zero attached hydrogens (tertiary/aromatic N) is 2. The summed E-state index contributed by atoms with van der Waals surface area (Å²) in [6.07, 6.45) is 1.65. The lowest BCUT2D eigenvalue weighted by Gasteiger charge is -2.17. The molecule has 0 saturated heterocycles. The quantitative estimate of drug-likeness (QED) is 0.662. The van der Waals surface area contributed by atoms with Gasteiger partial charge in [0.25, 0.3) is 0 Å². The van der Waals surface area contributed by atoms with Crippen molar-refractivity contribution < 1.29 is 14.7 Å². The second kappa shape index (κ2) is 3.94. The summed E-state index contributed by atoms with van der Waals surface area (Å²) in [6.45, 7) is 2.81. The Morgan fingerprint density at radius 2 is 2.00 bits per heavy atom. The zero-order valence-corrected chi connectivity index (χ0v) is 10.5. The molecule has 1 aromatic carbocycles. The maximum absolute atomic E-state index is 12.1. The summed E-state index contributed by atoms with van der Waals surface area (Å²) < 4.78 is 1.84. The van der Waals surface area contributed by atoms with E-state index in [9.17, 15) is 9.59 Å². The Morgan fingerprint density at radius 1 is 1.33 bits per heavy atom. The van der Waals surface area contributed by atoms with Crippen LogP contribution < -0.4 is 0 Å². The summed E-state index contributed by atoms with van der Waals surface area (Å²) in [4.78, 5) is 27.4. The van der Waals surface area contributed by atoms with Crippen molar-refractivity contribution in [3.63, 3.8) is 0 Å². The van der Waals surface area contributed by atoms with Crippen molar-refractivity contribution >= 4 is 22.8 Å². The maximum Gasteiger partial charge on any atom is 0.316 e. The Kier molecular flexibility index (Phi) is 2.69. The highest BCUT2D eigenvalue weighted by Gasteiger charge is 2.36. The van der Waals surface area contributed by atoms with E-state index in [4.69, 9.17) is 5.11 Å². The number of carboxylic acids is 1. The number of imidazole rings is 1. The van der Waals surface area contributed by atoms with E-state index in [0.717, 1.165) is 5.52 Å². The largest absolute Gasteiger partial charge is 0.481 e. The zero-order chi connectivity index (χ0) is 13.5. The number of hydrogen-bond donors (Lipinski definition) is 1. The highest BCUT2D eigenvalue weighted by molar-refractivity contribution is 6.12. The molecule has 0 unspecified atom stereocenters. The van der Waals surface area contributed by atoms with Crippen LogP contribution in [0.5, 0.6) is 0 Å². The van der Waals surface area contributed by atoms with Crippen molar-refractivity contribution in [2.75, 3.05) is 0 Å². The van der Waals surface area contributed by atoms with Crippen LogP contribution >= 0.6 is 0 Å². The van der Waals surface area contributed by atoms with E-state index in [1.54, 1.807) is 24.5 Å². The van der Waals surface area contributed by atoms with Crippen LogP contribution in [0.2, 0.25) is 0 Å². The van der Waals surface area contributed by atoms with Gasteiger partial charge in [-0.25, -0.2) is 4.98 Å². The number of carboxylic acid groups (broad SMARTS) is 1. The summed E-state index contributed by atoms with van der Waals surface area (Å²) in [5.41, 5.74) is 0.528. The first kappa shape index (κ1) is 12.3.